The fourth-order valence-corrected chi connectivity index (χ4v) is 5.13. The first kappa shape index (κ1) is 21.6. The highest BCUT2D eigenvalue weighted by Gasteiger charge is 2.21. The molecule has 2 rings (SSSR count). The minimum absolute atomic E-state index is 0.0868. The molecular formula is C19H26N2O4S2. The third-order valence-electron chi connectivity index (χ3n) is 4.37. The molecule has 0 fully saturated rings. The molecule has 0 aliphatic heterocycles. The average molecular weight is 411 g/mol. The Kier molecular flexibility index (Phi) is 7.16. The van der Waals surface area contributed by atoms with Gasteiger partial charge < -0.3 is 0 Å². The lowest BCUT2D eigenvalue weighted by molar-refractivity contribution is 0.445. The average Bonchev–Trinajstić information content (AvgIpc) is 2.67. The molecule has 0 aliphatic carbocycles. The molecule has 0 aliphatic rings. The van der Waals surface area contributed by atoms with Crippen LogP contribution in [0.4, 0.5) is 0 Å². The molecule has 148 valence electrons. The minimum atomic E-state index is -3.62. The third kappa shape index (κ3) is 5.16. The molecule has 0 saturated carbocycles. The third-order valence-corrected chi connectivity index (χ3v) is 7.86. The summed E-state index contributed by atoms with van der Waals surface area (Å²) >= 11 is 0. The van der Waals surface area contributed by atoms with Gasteiger partial charge in [-0.1, -0.05) is 45.0 Å². The van der Waals surface area contributed by atoms with Crippen LogP contribution in [-0.2, 0) is 33.0 Å². The SMILES string of the molecule is CCc1ccc(S(=O)(=O)NCc2ccc(S(=O)(=O)N(CC)CC)cc2)cc1. The van der Waals surface area contributed by atoms with Crippen LogP contribution in [0.3, 0.4) is 0 Å². The molecule has 6 nitrogen and oxygen atoms in total. The number of hydrogen-bond acceptors (Lipinski definition) is 4. The molecule has 0 bridgehead atoms. The number of aryl methyl sites for hydroxylation is 1. The van der Waals surface area contributed by atoms with Crippen molar-refractivity contribution in [1.82, 2.24) is 9.03 Å². The van der Waals surface area contributed by atoms with Crippen LogP contribution in [0, 0.1) is 0 Å². The second-order valence-electron chi connectivity index (χ2n) is 6.06. The van der Waals surface area contributed by atoms with E-state index in [4.69, 9.17) is 0 Å². The summed E-state index contributed by atoms with van der Waals surface area (Å²) in [5, 5.41) is 0. The highest BCUT2D eigenvalue weighted by Crippen LogP contribution is 2.17. The van der Waals surface area contributed by atoms with E-state index in [0.717, 1.165) is 12.0 Å². The Balaban J connectivity index is 2.10. The van der Waals surface area contributed by atoms with E-state index in [1.807, 2.05) is 6.92 Å². The van der Waals surface area contributed by atoms with Crippen molar-refractivity contribution >= 4 is 20.0 Å². The standard InChI is InChI=1S/C19H26N2O4S2/c1-4-16-7-11-18(12-8-16)26(22,23)20-15-17-9-13-19(14-10-17)27(24,25)21(5-2)6-3/h7-14,20H,4-6,15H2,1-3H3. The van der Waals surface area contributed by atoms with Gasteiger partial charge in [0, 0.05) is 19.6 Å². The van der Waals surface area contributed by atoms with E-state index in [-0.39, 0.29) is 16.3 Å². The van der Waals surface area contributed by atoms with Crippen molar-refractivity contribution in [2.75, 3.05) is 13.1 Å². The van der Waals surface area contributed by atoms with Gasteiger partial charge >= 0.3 is 0 Å². The highest BCUT2D eigenvalue weighted by molar-refractivity contribution is 7.89. The van der Waals surface area contributed by atoms with Crippen molar-refractivity contribution in [3.63, 3.8) is 0 Å². The van der Waals surface area contributed by atoms with Gasteiger partial charge in [-0.05, 0) is 41.8 Å². The summed E-state index contributed by atoms with van der Waals surface area (Å²) in [7, 11) is -7.14. The van der Waals surface area contributed by atoms with Gasteiger partial charge in [0.2, 0.25) is 20.0 Å². The largest absolute Gasteiger partial charge is 0.243 e. The molecule has 8 heteroatoms. The molecule has 1 N–H and O–H groups in total. The van der Waals surface area contributed by atoms with E-state index in [9.17, 15) is 16.8 Å². The van der Waals surface area contributed by atoms with Crippen molar-refractivity contribution in [2.45, 2.75) is 43.5 Å². The first-order valence-electron chi connectivity index (χ1n) is 8.92. The zero-order valence-electron chi connectivity index (χ0n) is 15.8. The first-order chi connectivity index (χ1) is 12.7. The Labute approximate surface area is 162 Å². The second kappa shape index (κ2) is 8.97. The molecular weight excluding hydrogens is 384 g/mol. The molecule has 0 amide bonds. The van der Waals surface area contributed by atoms with Crippen LogP contribution < -0.4 is 4.72 Å². The molecule has 0 aromatic heterocycles. The van der Waals surface area contributed by atoms with Crippen LogP contribution in [0.5, 0.6) is 0 Å². The van der Waals surface area contributed by atoms with Crippen molar-refractivity contribution in [3.8, 4) is 0 Å². The zero-order valence-corrected chi connectivity index (χ0v) is 17.5. The summed E-state index contributed by atoms with van der Waals surface area (Å²) < 4.78 is 53.6. The molecule has 0 spiro atoms. The van der Waals surface area contributed by atoms with Gasteiger partial charge in [0.25, 0.3) is 0 Å². The normalized spacial score (nSPS) is 12.4. The van der Waals surface area contributed by atoms with Gasteiger partial charge in [0.1, 0.15) is 0 Å². The summed E-state index contributed by atoms with van der Waals surface area (Å²) in [4.78, 5) is 0.411. The van der Waals surface area contributed by atoms with E-state index in [0.29, 0.717) is 18.7 Å². The van der Waals surface area contributed by atoms with Crippen LogP contribution in [0.1, 0.15) is 31.9 Å². The Morgan fingerprint density at radius 3 is 1.70 bits per heavy atom. The van der Waals surface area contributed by atoms with Gasteiger partial charge in [-0.2, -0.15) is 4.31 Å². The Morgan fingerprint density at radius 2 is 1.22 bits per heavy atom. The molecule has 0 atom stereocenters. The van der Waals surface area contributed by atoms with E-state index in [1.165, 1.54) is 16.4 Å². The Bertz CT molecular complexity index is 948. The van der Waals surface area contributed by atoms with Crippen molar-refractivity contribution in [2.24, 2.45) is 0 Å². The van der Waals surface area contributed by atoms with Crippen LogP contribution in [0.15, 0.2) is 58.3 Å². The first-order valence-corrected chi connectivity index (χ1v) is 11.8. The fourth-order valence-electron chi connectivity index (χ4n) is 2.66. The number of rotatable bonds is 9. The van der Waals surface area contributed by atoms with Gasteiger partial charge in [-0.15, -0.1) is 0 Å². The molecule has 2 aromatic rings. The molecule has 0 saturated heterocycles. The van der Waals surface area contributed by atoms with E-state index >= 15 is 0 Å². The van der Waals surface area contributed by atoms with Gasteiger partial charge in [-0.25, -0.2) is 21.6 Å². The van der Waals surface area contributed by atoms with E-state index in [2.05, 4.69) is 4.72 Å². The maximum atomic E-state index is 12.5. The molecule has 27 heavy (non-hydrogen) atoms. The lowest BCUT2D eigenvalue weighted by Gasteiger charge is -2.18. The van der Waals surface area contributed by atoms with Gasteiger partial charge in [-0.3, -0.25) is 0 Å². The smallest absolute Gasteiger partial charge is 0.207 e. The van der Waals surface area contributed by atoms with Crippen LogP contribution in [0.2, 0.25) is 0 Å². The monoisotopic (exact) mass is 410 g/mol. The highest BCUT2D eigenvalue weighted by atomic mass is 32.2. The lowest BCUT2D eigenvalue weighted by Crippen LogP contribution is -2.30. The fraction of sp³-hybridized carbons (Fsp3) is 0.368. The molecule has 2 aromatic carbocycles. The summed E-state index contributed by atoms with van der Waals surface area (Å²) in [6.07, 6.45) is 0.844. The van der Waals surface area contributed by atoms with Crippen LogP contribution >= 0.6 is 0 Å². The number of nitrogens with zero attached hydrogens (tertiary/aromatic N) is 1. The van der Waals surface area contributed by atoms with Crippen molar-refractivity contribution in [3.05, 3.63) is 59.7 Å². The summed E-state index contributed by atoms with van der Waals surface area (Å²) in [5.74, 6) is 0. The number of sulfonamides is 2. The lowest BCUT2D eigenvalue weighted by atomic mass is 10.2. The molecule has 0 radical (unpaired) electrons. The summed E-state index contributed by atoms with van der Waals surface area (Å²) in [5.41, 5.74) is 1.75. The number of benzene rings is 2. The molecule has 0 unspecified atom stereocenters. The predicted octanol–water partition coefficient (Wildman–Crippen LogP) is 2.76. The van der Waals surface area contributed by atoms with Gasteiger partial charge in [0.05, 0.1) is 9.79 Å². The topological polar surface area (TPSA) is 83.5 Å². The zero-order chi connectivity index (χ0) is 20.1. The Morgan fingerprint density at radius 1 is 0.741 bits per heavy atom. The number of hydrogen-bond donors (Lipinski definition) is 1. The van der Waals surface area contributed by atoms with Crippen LogP contribution in [0.25, 0.3) is 0 Å². The summed E-state index contributed by atoms with van der Waals surface area (Å²) in [6.45, 7) is 6.47. The summed E-state index contributed by atoms with van der Waals surface area (Å²) in [6, 6.07) is 13.0. The second-order valence-corrected chi connectivity index (χ2v) is 9.76. The maximum absolute atomic E-state index is 12.5. The minimum Gasteiger partial charge on any atom is -0.207 e. The maximum Gasteiger partial charge on any atom is 0.243 e. The quantitative estimate of drug-likeness (QED) is 0.689. The number of nitrogens with one attached hydrogen (secondary N) is 1. The van der Waals surface area contributed by atoms with Crippen molar-refractivity contribution < 1.29 is 16.8 Å². The van der Waals surface area contributed by atoms with E-state index < -0.39 is 20.0 Å². The van der Waals surface area contributed by atoms with E-state index in [1.54, 1.807) is 50.2 Å². The predicted molar refractivity (Wildman–Crippen MR) is 106 cm³/mol. The van der Waals surface area contributed by atoms with Gasteiger partial charge in [0.15, 0.2) is 0 Å². The Hall–Kier alpha value is -1.74. The molecule has 0 heterocycles. The van der Waals surface area contributed by atoms with Crippen LogP contribution in [-0.4, -0.2) is 34.2 Å². The van der Waals surface area contributed by atoms with Crippen molar-refractivity contribution in [1.29, 1.82) is 0 Å².